The van der Waals surface area contributed by atoms with Crippen molar-refractivity contribution in [3.8, 4) is 0 Å². The third kappa shape index (κ3) is 3.22. The molecule has 1 N–H and O–H groups in total. The highest BCUT2D eigenvalue weighted by Crippen LogP contribution is 2.23. The molecular formula is C15H19FN4S. The van der Waals surface area contributed by atoms with Crippen LogP contribution in [0.4, 0.5) is 9.52 Å². The van der Waals surface area contributed by atoms with E-state index in [4.69, 9.17) is 0 Å². The summed E-state index contributed by atoms with van der Waals surface area (Å²) in [6.07, 6.45) is 0.444. The highest BCUT2D eigenvalue weighted by atomic mass is 32.1. The third-order valence-electron chi connectivity index (χ3n) is 3.77. The zero-order chi connectivity index (χ0) is 14.8. The van der Waals surface area contributed by atoms with E-state index >= 15 is 0 Å². The van der Waals surface area contributed by atoms with Gasteiger partial charge in [0.05, 0.1) is 0 Å². The fourth-order valence-electron chi connectivity index (χ4n) is 2.53. The molecule has 2 atom stereocenters. The molecule has 1 saturated heterocycles. The largest absolute Gasteiger partial charge is 0.341 e. The van der Waals surface area contributed by atoms with Gasteiger partial charge in [-0.05, 0) is 25.5 Å². The molecule has 6 heteroatoms. The summed E-state index contributed by atoms with van der Waals surface area (Å²) in [7, 11) is 0. The van der Waals surface area contributed by atoms with E-state index in [-0.39, 0.29) is 5.82 Å². The quantitative estimate of drug-likeness (QED) is 0.946. The lowest BCUT2D eigenvalue weighted by Crippen LogP contribution is -2.54. The second kappa shape index (κ2) is 6.07. The first-order chi connectivity index (χ1) is 10.1. The van der Waals surface area contributed by atoms with E-state index in [1.807, 2.05) is 6.07 Å². The number of hydrogen-bond acceptors (Lipinski definition) is 5. The van der Waals surface area contributed by atoms with Crippen molar-refractivity contribution in [2.24, 2.45) is 0 Å². The number of benzene rings is 1. The molecular weight excluding hydrogens is 287 g/mol. The second-order valence-electron chi connectivity index (χ2n) is 5.57. The smallest absolute Gasteiger partial charge is 0.205 e. The van der Waals surface area contributed by atoms with Gasteiger partial charge in [0.2, 0.25) is 5.13 Å². The van der Waals surface area contributed by atoms with Crippen molar-refractivity contribution in [2.75, 3.05) is 18.0 Å². The van der Waals surface area contributed by atoms with Crippen LogP contribution in [0.1, 0.15) is 25.2 Å². The lowest BCUT2D eigenvalue weighted by molar-refractivity contribution is 0.424. The third-order valence-corrected chi connectivity index (χ3v) is 4.56. The Morgan fingerprint density at radius 1 is 1.38 bits per heavy atom. The number of nitrogens with one attached hydrogen (secondary N) is 1. The Morgan fingerprint density at radius 2 is 2.19 bits per heavy atom. The predicted octanol–water partition coefficient (Wildman–Crippen LogP) is 2.45. The predicted molar refractivity (Wildman–Crippen MR) is 83.4 cm³/mol. The minimum Gasteiger partial charge on any atom is -0.341 e. The Labute approximate surface area is 128 Å². The SMILES string of the molecule is CC1CN(c2nc(Cc3ccccc3F)ns2)C(C)CN1. The topological polar surface area (TPSA) is 41.1 Å². The molecule has 1 aliphatic heterocycles. The van der Waals surface area contributed by atoms with Crippen LogP contribution in [0.5, 0.6) is 0 Å². The average Bonchev–Trinajstić information content (AvgIpc) is 2.92. The summed E-state index contributed by atoms with van der Waals surface area (Å²) in [4.78, 5) is 6.88. The Hall–Kier alpha value is -1.53. The van der Waals surface area contributed by atoms with E-state index in [0.717, 1.165) is 18.2 Å². The molecule has 112 valence electrons. The number of piperazine rings is 1. The van der Waals surface area contributed by atoms with Gasteiger partial charge in [0, 0.05) is 43.1 Å². The summed E-state index contributed by atoms with van der Waals surface area (Å²) in [6.45, 7) is 6.22. The highest BCUT2D eigenvalue weighted by Gasteiger charge is 2.25. The standard InChI is InChI=1S/C15H19FN4S/c1-10-9-20(11(2)8-17-10)15-18-14(19-21-15)7-12-5-3-4-6-13(12)16/h3-6,10-11,17H,7-9H2,1-2H3. The molecule has 0 spiro atoms. The van der Waals surface area contributed by atoms with Crippen LogP contribution in [0.25, 0.3) is 0 Å². The van der Waals surface area contributed by atoms with Crippen molar-refractivity contribution in [3.05, 3.63) is 41.5 Å². The number of nitrogens with zero attached hydrogens (tertiary/aromatic N) is 3. The molecule has 2 aromatic rings. The van der Waals surface area contributed by atoms with Gasteiger partial charge in [-0.25, -0.2) is 9.37 Å². The van der Waals surface area contributed by atoms with Gasteiger partial charge in [0.1, 0.15) is 11.6 Å². The van der Waals surface area contributed by atoms with Crippen molar-refractivity contribution in [1.82, 2.24) is 14.7 Å². The molecule has 1 fully saturated rings. The molecule has 1 aliphatic rings. The molecule has 3 rings (SSSR count). The molecule has 21 heavy (non-hydrogen) atoms. The first kappa shape index (κ1) is 14.4. The van der Waals surface area contributed by atoms with Gasteiger partial charge in [-0.3, -0.25) is 0 Å². The van der Waals surface area contributed by atoms with Crippen LogP contribution in [0.2, 0.25) is 0 Å². The number of rotatable bonds is 3. The van der Waals surface area contributed by atoms with Crippen molar-refractivity contribution in [3.63, 3.8) is 0 Å². The maximum atomic E-state index is 13.7. The number of hydrogen-bond donors (Lipinski definition) is 1. The summed E-state index contributed by atoms with van der Waals surface area (Å²) in [6, 6.07) is 7.64. The normalized spacial score (nSPS) is 22.5. The van der Waals surface area contributed by atoms with E-state index < -0.39 is 0 Å². The summed E-state index contributed by atoms with van der Waals surface area (Å²) in [5.74, 6) is 0.497. The summed E-state index contributed by atoms with van der Waals surface area (Å²) >= 11 is 1.40. The number of aromatic nitrogens is 2. The van der Waals surface area contributed by atoms with Crippen molar-refractivity contribution in [1.29, 1.82) is 0 Å². The molecule has 2 heterocycles. The van der Waals surface area contributed by atoms with Gasteiger partial charge in [0.15, 0.2) is 0 Å². The first-order valence-corrected chi connectivity index (χ1v) is 7.97. The van der Waals surface area contributed by atoms with Gasteiger partial charge in [-0.2, -0.15) is 4.37 Å². The Kier molecular flexibility index (Phi) is 4.17. The monoisotopic (exact) mass is 306 g/mol. The van der Waals surface area contributed by atoms with E-state index in [1.54, 1.807) is 12.1 Å². The maximum Gasteiger partial charge on any atom is 0.205 e. The number of anilines is 1. The number of halogens is 1. The van der Waals surface area contributed by atoms with Crippen LogP contribution in [-0.2, 0) is 6.42 Å². The Balaban J connectivity index is 1.76. The highest BCUT2D eigenvalue weighted by molar-refractivity contribution is 7.09. The molecule has 1 aromatic heterocycles. The van der Waals surface area contributed by atoms with Crippen LogP contribution < -0.4 is 10.2 Å². The van der Waals surface area contributed by atoms with Gasteiger partial charge >= 0.3 is 0 Å². The summed E-state index contributed by atoms with van der Waals surface area (Å²) < 4.78 is 18.1. The lowest BCUT2D eigenvalue weighted by Gasteiger charge is -2.37. The van der Waals surface area contributed by atoms with Crippen LogP contribution in [0.15, 0.2) is 24.3 Å². The molecule has 2 unspecified atom stereocenters. The zero-order valence-electron chi connectivity index (χ0n) is 12.2. The van der Waals surface area contributed by atoms with Crippen molar-refractivity contribution >= 4 is 16.7 Å². The second-order valence-corrected chi connectivity index (χ2v) is 6.30. The maximum absolute atomic E-state index is 13.7. The van der Waals surface area contributed by atoms with E-state index in [2.05, 4.69) is 33.4 Å². The lowest BCUT2D eigenvalue weighted by atomic mass is 10.1. The average molecular weight is 306 g/mol. The zero-order valence-corrected chi connectivity index (χ0v) is 13.0. The fraction of sp³-hybridized carbons (Fsp3) is 0.467. The fourth-order valence-corrected chi connectivity index (χ4v) is 3.33. The van der Waals surface area contributed by atoms with Crippen molar-refractivity contribution < 1.29 is 4.39 Å². The molecule has 4 nitrogen and oxygen atoms in total. The Morgan fingerprint density at radius 3 is 3.00 bits per heavy atom. The summed E-state index contributed by atoms with van der Waals surface area (Å²) in [5.41, 5.74) is 0.642. The summed E-state index contributed by atoms with van der Waals surface area (Å²) in [5, 5.41) is 4.38. The molecule has 0 aliphatic carbocycles. The van der Waals surface area contributed by atoms with Crippen LogP contribution in [0.3, 0.4) is 0 Å². The molecule has 0 radical (unpaired) electrons. The van der Waals surface area contributed by atoms with E-state index in [0.29, 0.717) is 29.9 Å². The van der Waals surface area contributed by atoms with Crippen LogP contribution >= 0.6 is 11.5 Å². The van der Waals surface area contributed by atoms with Crippen LogP contribution in [0, 0.1) is 5.82 Å². The van der Waals surface area contributed by atoms with E-state index in [1.165, 1.54) is 17.6 Å². The van der Waals surface area contributed by atoms with Crippen LogP contribution in [-0.4, -0.2) is 34.5 Å². The van der Waals surface area contributed by atoms with Gasteiger partial charge in [-0.1, -0.05) is 18.2 Å². The Bertz CT molecular complexity index is 615. The molecule has 1 aromatic carbocycles. The van der Waals surface area contributed by atoms with Crippen molar-refractivity contribution in [2.45, 2.75) is 32.4 Å². The molecule has 0 bridgehead atoms. The van der Waals surface area contributed by atoms with Gasteiger partial charge in [-0.15, -0.1) is 0 Å². The minimum atomic E-state index is -0.196. The van der Waals surface area contributed by atoms with E-state index in [9.17, 15) is 4.39 Å². The first-order valence-electron chi connectivity index (χ1n) is 7.19. The molecule has 0 saturated carbocycles. The molecule has 0 amide bonds. The minimum absolute atomic E-state index is 0.196. The van der Waals surface area contributed by atoms with Gasteiger partial charge in [0.25, 0.3) is 0 Å². The van der Waals surface area contributed by atoms with Gasteiger partial charge < -0.3 is 10.2 Å².